The number of ether oxygens (including phenoxy) is 1. The summed E-state index contributed by atoms with van der Waals surface area (Å²) in [6.07, 6.45) is 5.56. The van der Waals surface area contributed by atoms with E-state index in [4.69, 9.17) is 4.74 Å². The highest BCUT2D eigenvalue weighted by atomic mass is 28.3. The quantitative estimate of drug-likeness (QED) is 0.155. The first-order valence-corrected chi connectivity index (χ1v) is 13.1. The Morgan fingerprint density at radius 3 is 2.50 bits per heavy atom. The predicted octanol–water partition coefficient (Wildman–Crippen LogP) is 5.95. The Hall–Kier alpha value is -2.01. The Kier molecular flexibility index (Phi) is 7.09. The average molecular weight is 367 g/mol. The zero-order valence-electron chi connectivity index (χ0n) is 16.7. The van der Waals surface area contributed by atoms with Gasteiger partial charge in [0.25, 0.3) is 0 Å². The number of hydrogen-bond acceptors (Lipinski definition) is 2. The summed E-state index contributed by atoms with van der Waals surface area (Å²) < 4.78 is 5.61. The minimum Gasteiger partial charge on any atom is -0.417 e. The Morgan fingerprint density at radius 1 is 1.23 bits per heavy atom. The monoisotopic (exact) mass is 366 g/mol. The maximum Gasteiger partial charge on any atom is 0.308 e. The number of hydrogen-bond donors (Lipinski definition) is 0. The Balaban J connectivity index is 2.56. The molecule has 1 aliphatic rings. The van der Waals surface area contributed by atoms with Crippen LogP contribution in [-0.2, 0) is 9.53 Å². The van der Waals surface area contributed by atoms with Gasteiger partial charge in [-0.15, -0.1) is 0 Å². The third kappa shape index (κ3) is 6.06. The zero-order chi connectivity index (χ0) is 19.2. The van der Waals surface area contributed by atoms with Crippen molar-refractivity contribution in [2.45, 2.75) is 65.6 Å². The third-order valence-corrected chi connectivity index (χ3v) is 6.49. The topological polar surface area (TPSA) is 26.3 Å². The first-order chi connectivity index (χ1) is 12.3. The Bertz CT molecular complexity index is 776. The van der Waals surface area contributed by atoms with E-state index in [0.29, 0.717) is 11.7 Å². The summed E-state index contributed by atoms with van der Waals surface area (Å²) in [4.78, 5) is 11.7. The second kappa shape index (κ2) is 9.08. The molecule has 0 spiro atoms. The highest BCUT2D eigenvalue weighted by molar-refractivity contribution is 6.83. The molecule has 0 heterocycles. The molecule has 0 aromatic heterocycles. The van der Waals surface area contributed by atoms with Crippen LogP contribution >= 0.6 is 0 Å². The summed E-state index contributed by atoms with van der Waals surface area (Å²) in [5.74, 6) is 7.32. The fourth-order valence-electron chi connectivity index (χ4n) is 2.90. The van der Waals surface area contributed by atoms with Crippen LogP contribution in [0.4, 0.5) is 0 Å². The predicted molar refractivity (Wildman–Crippen MR) is 111 cm³/mol. The van der Waals surface area contributed by atoms with Gasteiger partial charge in [0, 0.05) is 24.5 Å². The second-order valence-electron chi connectivity index (χ2n) is 7.94. The lowest BCUT2D eigenvalue weighted by molar-refractivity contribution is -0.134. The van der Waals surface area contributed by atoms with Crippen molar-refractivity contribution >= 4 is 19.8 Å². The fraction of sp³-hybridized carbons (Fsp3) is 0.478. The van der Waals surface area contributed by atoms with Crippen LogP contribution in [0.2, 0.25) is 19.6 Å². The minimum absolute atomic E-state index is 0.313. The van der Waals surface area contributed by atoms with E-state index in [2.05, 4.69) is 44.1 Å². The van der Waals surface area contributed by atoms with E-state index in [1.165, 1.54) is 25.0 Å². The number of esters is 1. The molecule has 1 aromatic carbocycles. The number of rotatable bonds is 6. The molecule has 2 nitrogen and oxygen atoms in total. The highest BCUT2D eigenvalue weighted by Gasteiger charge is 2.34. The molecule has 0 aliphatic heterocycles. The van der Waals surface area contributed by atoms with Crippen LogP contribution in [-0.4, -0.2) is 14.0 Å². The van der Waals surface area contributed by atoms with Gasteiger partial charge in [0.2, 0.25) is 0 Å². The summed E-state index contributed by atoms with van der Waals surface area (Å²) in [5.41, 5.74) is 5.29. The minimum atomic E-state index is -1.53. The van der Waals surface area contributed by atoms with Crippen LogP contribution in [0.3, 0.4) is 0 Å². The van der Waals surface area contributed by atoms with Crippen molar-refractivity contribution in [1.82, 2.24) is 0 Å². The molecule has 1 aromatic rings. The number of benzene rings is 1. The third-order valence-electron chi connectivity index (χ3n) is 4.34. The van der Waals surface area contributed by atoms with Crippen molar-refractivity contribution in [1.29, 1.82) is 0 Å². The van der Waals surface area contributed by atoms with Crippen molar-refractivity contribution in [3.63, 3.8) is 0 Å². The van der Waals surface area contributed by atoms with Crippen molar-refractivity contribution in [3.05, 3.63) is 46.3 Å². The summed E-state index contributed by atoms with van der Waals surface area (Å²) in [6, 6.07) is 7.90. The molecule has 0 bridgehead atoms. The van der Waals surface area contributed by atoms with Gasteiger partial charge in [0.15, 0.2) is 5.76 Å². The maximum absolute atomic E-state index is 11.7. The molecule has 0 radical (unpaired) electrons. The molecule has 2 rings (SSSR count). The molecule has 1 saturated carbocycles. The zero-order valence-corrected chi connectivity index (χ0v) is 17.7. The molecule has 0 atom stereocenters. The molecule has 1 aliphatic carbocycles. The van der Waals surface area contributed by atoms with E-state index in [9.17, 15) is 4.79 Å². The van der Waals surface area contributed by atoms with Gasteiger partial charge < -0.3 is 4.74 Å². The molecule has 0 unspecified atom stereocenters. The van der Waals surface area contributed by atoms with E-state index in [0.717, 1.165) is 30.4 Å². The standard InChI is InChI=1S/C23H30O2Si/c1-6-7-8-9-12-19-13-10-11-14-21(19)22(25-18(2)24)17-23(20-15-16-20)26(3,4)5/h10-11,13-14,20H,6-8,15-16H2,1-5H3. The first-order valence-electron chi connectivity index (χ1n) is 9.61. The van der Waals surface area contributed by atoms with Gasteiger partial charge in [-0.05, 0) is 42.5 Å². The van der Waals surface area contributed by atoms with Crippen LogP contribution < -0.4 is 0 Å². The van der Waals surface area contributed by atoms with Gasteiger partial charge in [-0.3, -0.25) is 4.79 Å². The lowest BCUT2D eigenvalue weighted by Crippen LogP contribution is -2.25. The molecule has 0 saturated heterocycles. The van der Waals surface area contributed by atoms with Crippen LogP contribution in [0, 0.1) is 17.8 Å². The number of unbranched alkanes of at least 4 members (excludes halogenated alkanes) is 2. The summed E-state index contributed by atoms with van der Waals surface area (Å²) in [7, 11) is -1.53. The van der Waals surface area contributed by atoms with Gasteiger partial charge in [0.05, 0.1) is 8.07 Å². The maximum atomic E-state index is 11.7. The largest absolute Gasteiger partial charge is 0.417 e. The summed E-state index contributed by atoms with van der Waals surface area (Å²) in [6.45, 7) is 10.6. The summed E-state index contributed by atoms with van der Waals surface area (Å²) >= 11 is 0. The molecule has 0 N–H and O–H groups in total. The van der Waals surface area contributed by atoms with Gasteiger partial charge >= 0.3 is 5.97 Å². The Morgan fingerprint density at radius 2 is 1.92 bits per heavy atom. The van der Waals surface area contributed by atoms with Gasteiger partial charge in [0.1, 0.15) is 0 Å². The molecular weight excluding hydrogens is 336 g/mol. The smallest absolute Gasteiger partial charge is 0.308 e. The second-order valence-corrected chi connectivity index (χ2v) is 13.0. The first kappa shape index (κ1) is 20.3. The molecule has 1 fully saturated rings. The van der Waals surface area contributed by atoms with Crippen molar-refractivity contribution in [3.8, 4) is 11.8 Å². The van der Waals surface area contributed by atoms with E-state index in [1.54, 1.807) is 0 Å². The Labute approximate surface area is 159 Å². The van der Waals surface area contributed by atoms with E-state index in [1.807, 2.05) is 24.3 Å². The van der Waals surface area contributed by atoms with Crippen molar-refractivity contribution in [2.75, 3.05) is 0 Å². The lowest BCUT2D eigenvalue weighted by Gasteiger charge is -2.19. The molecule has 26 heavy (non-hydrogen) atoms. The van der Waals surface area contributed by atoms with Crippen LogP contribution in [0.25, 0.3) is 5.76 Å². The summed E-state index contributed by atoms with van der Waals surface area (Å²) in [5, 5.41) is 1.36. The lowest BCUT2D eigenvalue weighted by atomic mass is 10.1. The van der Waals surface area contributed by atoms with Crippen molar-refractivity contribution < 1.29 is 9.53 Å². The average Bonchev–Trinajstić information content (AvgIpc) is 3.39. The normalized spacial score (nSPS) is 13.3. The number of allylic oxidation sites excluding steroid dienone is 1. The van der Waals surface area contributed by atoms with E-state index in [-0.39, 0.29) is 5.97 Å². The number of carbonyl (C=O) groups is 1. The molecule has 3 heteroatoms. The van der Waals surface area contributed by atoms with Crippen LogP contribution in [0.5, 0.6) is 0 Å². The SMILES string of the molecule is CCCCC#Cc1ccccc1C(=C=C(C1CC1)[Si](C)(C)C)OC(C)=O. The van der Waals surface area contributed by atoms with Crippen LogP contribution in [0.1, 0.15) is 57.1 Å². The highest BCUT2D eigenvalue weighted by Crippen LogP contribution is 2.41. The van der Waals surface area contributed by atoms with Gasteiger partial charge in [-0.2, -0.15) is 0 Å². The van der Waals surface area contributed by atoms with E-state index < -0.39 is 8.07 Å². The van der Waals surface area contributed by atoms with Crippen molar-refractivity contribution in [2.24, 2.45) is 5.92 Å². The number of carbonyl (C=O) groups excluding carboxylic acids is 1. The van der Waals surface area contributed by atoms with Crippen LogP contribution in [0.15, 0.2) is 35.2 Å². The molecular formula is C23H30O2Si. The van der Waals surface area contributed by atoms with Gasteiger partial charge in [-0.1, -0.05) is 62.7 Å². The van der Waals surface area contributed by atoms with E-state index >= 15 is 0 Å². The fourth-order valence-corrected chi connectivity index (χ4v) is 4.90. The molecule has 138 valence electrons. The molecule has 0 amide bonds. The van der Waals surface area contributed by atoms with Gasteiger partial charge in [-0.25, -0.2) is 0 Å².